The van der Waals surface area contributed by atoms with E-state index in [9.17, 15) is 8.42 Å². The summed E-state index contributed by atoms with van der Waals surface area (Å²) in [6.45, 7) is 0.921. The molecule has 3 rings (SSSR count). The van der Waals surface area contributed by atoms with E-state index in [1.807, 2.05) is 12.1 Å². The van der Waals surface area contributed by atoms with E-state index in [4.69, 9.17) is 23.2 Å². The van der Waals surface area contributed by atoms with Gasteiger partial charge in [-0.05, 0) is 12.1 Å². The average Bonchev–Trinajstić information content (AvgIpc) is 3.00. The fraction of sp³-hybridized carbons (Fsp3) is 0.250. The quantitative estimate of drug-likeness (QED) is 0.875. The van der Waals surface area contributed by atoms with Crippen molar-refractivity contribution in [3.05, 3.63) is 38.6 Å². The fourth-order valence-corrected chi connectivity index (χ4v) is 5.43. The molecule has 2 aromatic heterocycles. The summed E-state index contributed by atoms with van der Waals surface area (Å²) in [5.41, 5.74) is 1.01. The maximum atomic E-state index is 12.3. The first-order valence-corrected chi connectivity index (χ1v) is 9.16. The fourth-order valence-electron chi connectivity index (χ4n) is 2.20. The first kappa shape index (κ1) is 15.1. The van der Waals surface area contributed by atoms with E-state index in [1.165, 1.54) is 6.07 Å². The lowest BCUT2D eigenvalue weighted by Crippen LogP contribution is -2.29. The minimum atomic E-state index is -3.66. The van der Waals surface area contributed by atoms with Crippen molar-refractivity contribution in [2.75, 3.05) is 18.4 Å². The van der Waals surface area contributed by atoms with Crippen LogP contribution in [0.2, 0.25) is 8.67 Å². The van der Waals surface area contributed by atoms with Crippen LogP contribution in [0.3, 0.4) is 0 Å². The van der Waals surface area contributed by atoms with Crippen molar-refractivity contribution in [3.63, 3.8) is 0 Å². The molecule has 112 valence electrons. The second-order valence-electron chi connectivity index (χ2n) is 4.56. The van der Waals surface area contributed by atoms with E-state index in [-0.39, 0.29) is 21.7 Å². The number of rotatable bonds is 4. The Kier molecular flexibility index (Phi) is 4.11. The minimum absolute atomic E-state index is 0.0246. The molecular formula is C12H11Cl2N3O2S2. The van der Waals surface area contributed by atoms with Crippen LogP contribution < -0.4 is 10.0 Å². The third kappa shape index (κ3) is 3.02. The highest BCUT2D eigenvalue weighted by atomic mass is 35.5. The standard InChI is InChI=1S/C12H11Cl2N3O2S2/c13-10-4-9(11(14)20-10)21(18,19)17-6-7-5-16-12-8(7)2-1-3-15-12/h1-4,7,17H,5-6H2,(H,15,16). The zero-order chi connectivity index (χ0) is 15.0. The smallest absolute Gasteiger partial charge is 0.242 e. The molecule has 0 saturated heterocycles. The topological polar surface area (TPSA) is 71.1 Å². The van der Waals surface area contributed by atoms with Gasteiger partial charge in [-0.25, -0.2) is 18.1 Å². The van der Waals surface area contributed by atoms with Gasteiger partial charge < -0.3 is 5.32 Å². The molecule has 2 aromatic rings. The van der Waals surface area contributed by atoms with Crippen LogP contribution in [0.4, 0.5) is 5.82 Å². The van der Waals surface area contributed by atoms with E-state index in [0.29, 0.717) is 10.9 Å². The van der Waals surface area contributed by atoms with Crippen LogP contribution in [0.1, 0.15) is 11.5 Å². The monoisotopic (exact) mass is 363 g/mol. The highest BCUT2D eigenvalue weighted by Gasteiger charge is 2.26. The molecule has 1 unspecified atom stereocenters. The molecule has 3 heterocycles. The SMILES string of the molecule is O=S(=O)(NCC1CNc2ncccc21)c1cc(Cl)sc1Cl. The summed E-state index contributed by atoms with van der Waals surface area (Å²) in [6.07, 6.45) is 1.70. The second kappa shape index (κ2) is 5.73. The van der Waals surface area contributed by atoms with E-state index in [1.54, 1.807) is 6.20 Å². The number of sulfonamides is 1. The molecule has 2 N–H and O–H groups in total. The number of hydrogen-bond donors (Lipinski definition) is 2. The van der Waals surface area contributed by atoms with Gasteiger partial charge in [-0.3, -0.25) is 0 Å². The molecule has 9 heteroatoms. The largest absolute Gasteiger partial charge is 0.369 e. The lowest BCUT2D eigenvalue weighted by atomic mass is 10.0. The Bertz CT molecular complexity index is 777. The van der Waals surface area contributed by atoms with E-state index < -0.39 is 10.0 Å². The maximum absolute atomic E-state index is 12.3. The lowest BCUT2D eigenvalue weighted by molar-refractivity contribution is 0.575. The summed E-state index contributed by atoms with van der Waals surface area (Å²) < 4.78 is 27.6. The third-order valence-electron chi connectivity index (χ3n) is 3.23. The molecule has 1 aliphatic heterocycles. The summed E-state index contributed by atoms with van der Waals surface area (Å²) in [5, 5.41) is 3.15. The zero-order valence-corrected chi connectivity index (χ0v) is 13.8. The molecule has 0 bridgehead atoms. The Morgan fingerprint density at radius 2 is 2.29 bits per heavy atom. The predicted octanol–water partition coefficient (Wildman–Crippen LogP) is 2.94. The van der Waals surface area contributed by atoms with Gasteiger partial charge >= 0.3 is 0 Å². The van der Waals surface area contributed by atoms with Gasteiger partial charge in [0, 0.05) is 30.8 Å². The highest BCUT2D eigenvalue weighted by Crippen LogP contribution is 2.34. The van der Waals surface area contributed by atoms with Gasteiger partial charge in [0.2, 0.25) is 10.0 Å². The number of fused-ring (bicyclic) bond motifs is 1. The summed E-state index contributed by atoms with van der Waals surface area (Å²) in [7, 11) is -3.66. The molecule has 0 saturated carbocycles. The van der Waals surface area contributed by atoms with E-state index in [2.05, 4.69) is 15.0 Å². The van der Waals surface area contributed by atoms with Crippen LogP contribution in [0.5, 0.6) is 0 Å². The Labute approximate surface area is 136 Å². The van der Waals surface area contributed by atoms with E-state index >= 15 is 0 Å². The molecule has 1 aliphatic rings. The van der Waals surface area contributed by atoms with Gasteiger partial charge in [-0.1, -0.05) is 29.3 Å². The number of nitrogens with one attached hydrogen (secondary N) is 2. The molecule has 0 aromatic carbocycles. The van der Waals surface area contributed by atoms with Crippen molar-refractivity contribution in [2.45, 2.75) is 10.8 Å². The number of thiophene rings is 1. The van der Waals surface area contributed by atoms with Gasteiger partial charge in [-0.15, -0.1) is 11.3 Å². The number of nitrogens with zero attached hydrogens (tertiary/aromatic N) is 1. The van der Waals surface area contributed by atoms with Crippen molar-refractivity contribution in [1.82, 2.24) is 9.71 Å². The molecule has 0 aliphatic carbocycles. The Hall–Kier alpha value is -0.860. The third-order valence-corrected chi connectivity index (χ3v) is 6.41. The van der Waals surface area contributed by atoms with Gasteiger partial charge in [0.25, 0.3) is 0 Å². The normalized spacial score (nSPS) is 17.5. The van der Waals surface area contributed by atoms with Crippen molar-refractivity contribution in [2.24, 2.45) is 0 Å². The van der Waals surface area contributed by atoms with Gasteiger partial charge in [0.15, 0.2) is 0 Å². The van der Waals surface area contributed by atoms with Crippen molar-refractivity contribution >= 4 is 50.4 Å². The Morgan fingerprint density at radius 1 is 1.48 bits per heavy atom. The van der Waals surface area contributed by atoms with Gasteiger partial charge in [-0.2, -0.15) is 0 Å². The van der Waals surface area contributed by atoms with Crippen LogP contribution in [0, 0.1) is 0 Å². The molecule has 1 atom stereocenters. The van der Waals surface area contributed by atoms with E-state index in [0.717, 1.165) is 22.7 Å². The number of aromatic nitrogens is 1. The Morgan fingerprint density at radius 3 is 3.00 bits per heavy atom. The van der Waals surface area contributed by atoms with Crippen molar-refractivity contribution in [3.8, 4) is 0 Å². The number of hydrogen-bond acceptors (Lipinski definition) is 5. The molecule has 21 heavy (non-hydrogen) atoms. The van der Waals surface area contributed by atoms with Gasteiger partial charge in [0.1, 0.15) is 15.0 Å². The van der Waals surface area contributed by atoms with Gasteiger partial charge in [0.05, 0.1) is 4.34 Å². The first-order chi connectivity index (χ1) is 9.97. The number of halogens is 2. The molecule has 0 fully saturated rings. The maximum Gasteiger partial charge on any atom is 0.242 e. The highest BCUT2D eigenvalue weighted by molar-refractivity contribution is 7.89. The zero-order valence-electron chi connectivity index (χ0n) is 10.6. The van der Waals surface area contributed by atoms with Crippen molar-refractivity contribution < 1.29 is 8.42 Å². The summed E-state index contributed by atoms with van der Waals surface area (Å²) >= 11 is 12.7. The Balaban J connectivity index is 1.75. The van der Waals surface area contributed by atoms with Crippen LogP contribution in [-0.4, -0.2) is 26.5 Å². The molecular weight excluding hydrogens is 353 g/mol. The summed E-state index contributed by atoms with van der Waals surface area (Å²) in [6, 6.07) is 5.14. The number of anilines is 1. The van der Waals surface area contributed by atoms with Crippen LogP contribution in [0.25, 0.3) is 0 Å². The molecule has 0 radical (unpaired) electrons. The molecule has 0 spiro atoms. The number of pyridine rings is 1. The minimum Gasteiger partial charge on any atom is -0.369 e. The first-order valence-electron chi connectivity index (χ1n) is 6.10. The molecule has 5 nitrogen and oxygen atoms in total. The predicted molar refractivity (Wildman–Crippen MR) is 85.0 cm³/mol. The average molecular weight is 364 g/mol. The molecule has 0 amide bonds. The van der Waals surface area contributed by atoms with Crippen LogP contribution in [-0.2, 0) is 10.0 Å². The summed E-state index contributed by atoms with van der Waals surface area (Å²) in [4.78, 5) is 4.23. The van der Waals surface area contributed by atoms with Crippen LogP contribution >= 0.6 is 34.5 Å². The lowest BCUT2D eigenvalue weighted by Gasteiger charge is -2.11. The van der Waals surface area contributed by atoms with Crippen molar-refractivity contribution in [1.29, 1.82) is 0 Å². The van der Waals surface area contributed by atoms with Crippen LogP contribution in [0.15, 0.2) is 29.3 Å². The second-order valence-corrected chi connectivity index (χ2v) is 8.58. The summed E-state index contributed by atoms with van der Waals surface area (Å²) in [5.74, 6) is 0.842.